The molecule has 0 saturated carbocycles. The molecule has 3 N–H and O–H groups in total. The lowest BCUT2D eigenvalue weighted by atomic mass is 9.99. The predicted octanol–water partition coefficient (Wildman–Crippen LogP) is 4.84. The van der Waals surface area contributed by atoms with Crippen LogP contribution in [0.5, 0.6) is 11.5 Å². The van der Waals surface area contributed by atoms with Crippen molar-refractivity contribution in [3.63, 3.8) is 0 Å². The second-order valence-electron chi connectivity index (χ2n) is 6.49. The Hall–Kier alpha value is -3.22. The van der Waals surface area contributed by atoms with Crippen molar-refractivity contribution in [2.75, 3.05) is 23.8 Å². The van der Waals surface area contributed by atoms with Gasteiger partial charge in [-0.15, -0.1) is 0 Å². The molecule has 0 aromatic heterocycles. The van der Waals surface area contributed by atoms with Crippen LogP contribution in [0.15, 0.2) is 66.7 Å². The lowest BCUT2D eigenvalue weighted by molar-refractivity contribution is 0.170. The van der Waals surface area contributed by atoms with Gasteiger partial charge in [0.2, 0.25) is 0 Å². The molecular formula is C22H19ClN2O4. The van der Waals surface area contributed by atoms with Gasteiger partial charge in [0, 0.05) is 22.3 Å². The van der Waals surface area contributed by atoms with Crippen LogP contribution in [0.1, 0.15) is 17.2 Å². The number of rotatable bonds is 4. The highest BCUT2D eigenvalue weighted by atomic mass is 35.5. The fourth-order valence-electron chi connectivity index (χ4n) is 3.10. The molecule has 0 aliphatic carbocycles. The SMILES string of the molecule is O=C(Nc1cccc(Cl)c1)Nc1cc2c(cc1[C@H](O)c1ccccc1)OCCO2. The Morgan fingerprint density at radius 3 is 2.38 bits per heavy atom. The van der Waals surface area contributed by atoms with Gasteiger partial charge in [0.1, 0.15) is 19.3 Å². The van der Waals surface area contributed by atoms with Crippen molar-refractivity contribution in [2.45, 2.75) is 6.10 Å². The molecule has 2 amide bonds. The molecule has 1 aliphatic rings. The van der Waals surface area contributed by atoms with Crippen LogP contribution in [0.3, 0.4) is 0 Å². The van der Waals surface area contributed by atoms with E-state index in [-0.39, 0.29) is 0 Å². The minimum atomic E-state index is -0.950. The quantitative estimate of drug-likeness (QED) is 0.575. The summed E-state index contributed by atoms with van der Waals surface area (Å²) in [7, 11) is 0. The highest BCUT2D eigenvalue weighted by Crippen LogP contribution is 2.39. The summed E-state index contributed by atoms with van der Waals surface area (Å²) in [6, 6.07) is 18.9. The van der Waals surface area contributed by atoms with Gasteiger partial charge in [-0.3, -0.25) is 0 Å². The molecule has 0 fully saturated rings. The molecule has 0 saturated heterocycles. The first-order valence-electron chi connectivity index (χ1n) is 9.10. The molecule has 7 heteroatoms. The predicted molar refractivity (Wildman–Crippen MR) is 112 cm³/mol. The third kappa shape index (κ3) is 4.45. The van der Waals surface area contributed by atoms with Crippen LogP contribution in [0.4, 0.5) is 16.2 Å². The van der Waals surface area contributed by atoms with E-state index < -0.39 is 12.1 Å². The van der Waals surface area contributed by atoms with Gasteiger partial charge >= 0.3 is 6.03 Å². The zero-order chi connectivity index (χ0) is 20.2. The number of ether oxygens (including phenoxy) is 2. The van der Waals surface area contributed by atoms with Crippen LogP contribution in [0, 0.1) is 0 Å². The lowest BCUT2D eigenvalue weighted by Crippen LogP contribution is -2.22. The smallest absolute Gasteiger partial charge is 0.323 e. The number of aliphatic hydroxyl groups excluding tert-OH is 1. The first-order valence-corrected chi connectivity index (χ1v) is 9.48. The summed E-state index contributed by atoms with van der Waals surface area (Å²) < 4.78 is 11.3. The maximum absolute atomic E-state index is 12.6. The minimum absolute atomic E-state index is 0.418. The Morgan fingerprint density at radius 1 is 0.931 bits per heavy atom. The minimum Gasteiger partial charge on any atom is -0.486 e. The van der Waals surface area contributed by atoms with Crippen molar-refractivity contribution >= 4 is 29.0 Å². The first kappa shape index (κ1) is 19.1. The number of anilines is 2. The third-order valence-corrected chi connectivity index (χ3v) is 4.69. The Balaban J connectivity index is 1.64. The van der Waals surface area contributed by atoms with Crippen LogP contribution in [-0.4, -0.2) is 24.4 Å². The van der Waals surface area contributed by atoms with E-state index >= 15 is 0 Å². The van der Waals surface area contributed by atoms with Gasteiger partial charge in [0.15, 0.2) is 11.5 Å². The largest absolute Gasteiger partial charge is 0.486 e. The molecule has 1 heterocycles. The number of hydrogen-bond donors (Lipinski definition) is 3. The summed E-state index contributed by atoms with van der Waals surface area (Å²) in [5, 5.41) is 17.0. The Bertz CT molecular complexity index is 1030. The molecule has 4 rings (SSSR count). The van der Waals surface area contributed by atoms with Crippen LogP contribution < -0.4 is 20.1 Å². The third-order valence-electron chi connectivity index (χ3n) is 4.45. The van der Waals surface area contributed by atoms with Crippen LogP contribution in [0.25, 0.3) is 0 Å². The van der Waals surface area contributed by atoms with Gasteiger partial charge in [-0.2, -0.15) is 0 Å². The first-order chi connectivity index (χ1) is 14.1. The molecule has 29 heavy (non-hydrogen) atoms. The molecule has 1 atom stereocenters. The van der Waals surface area contributed by atoms with Crippen molar-refractivity contribution in [1.82, 2.24) is 0 Å². The van der Waals surface area contributed by atoms with E-state index in [9.17, 15) is 9.90 Å². The molecule has 0 bridgehead atoms. The lowest BCUT2D eigenvalue weighted by Gasteiger charge is -2.23. The number of fused-ring (bicyclic) bond motifs is 1. The van der Waals surface area contributed by atoms with Crippen LogP contribution >= 0.6 is 11.6 Å². The van der Waals surface area contributed by atoms with Crippen LogP contribution in [0.2, 0.25) is 5.02 Å². The number of amides is 2. The maximum Gasteiger partial charge on any atom is 0.323 e. The van der Waals surface area contributed by atoms with E-state index in [1.807, 2.05) is 30.3 Å². The highest BCUT2D eigenvalue weighted by molar-refractivity contribution is 6.30. The Labute approximate surface area is 173 Å². The second kappa shape index (κ2) is 8.43. The van der Waals surface area contributed by atoms with Gasteiger partial charge < -0.3 is 25.2 Å². The molecule has 148 valence electrons. The second-order valence-corrected chi connectivity index (χ2v) is 6.92. The van der Waals surface area contributed by atoms with Crippen molar-refractivity contribution in [3.05, 3.63) is 82.9 Å². The normalized spacial score (nSPS) is 13.4. The van der Waals surface area contributed by atoms with E-state index in [2.05, 4.69) is 10.6 Å². The number of aliphatic hydroxyl groups is 1. The van der Waals surface area contributed by atoms with E-state index in [0.29, 0.717) is 52.2 Å². The van der Waals surface area contributed by atoms with Gasteiger partial charge in [-0.05, 0) is 29.8 Å². The molecule has 3 aromatic rings. The van der Waals surface area contributed by atoms with E-state index in [1.54, 1.807) is 36.4 Å². The fourth-order valence-corrected chi connectivity index (χ4v) is 3.30. The highest BCUT2D eigenvalue weighted by Gasteiger charge is 2.22. The standard InChI is InChI=1S/C22H19ClN2O4/c23-15-7-4-8-16(11-15)24-22(27)25-18-13-20-19(28-9-10-29-20)12-17(18)21(26)14-5-2-1-3-6-14/h1-8,11-13,21,26H,9-10H2,(H2,24,25,27)/t21-/m1/s1. The van der Waals surface area contributed by atoms with Crippen molar-refractivity contribution in [1.29, 1.82) is 0 Å². The van der Waals surface area contributed by atoms with Crippen molar-refractivity contribution in [2.24, 2.45) is 0 Å². The van der Waals surface area contributed by atoms with Gasteiger partial charge in [0.25, 0.3) is 0 Å². The fraction of sp³-hybridized carbons (Fsp3) is 0.136. The van der Waals surface area contributed by atoms with E-state index in [0.717, 1.165) is 0 Å². The van der Waals surface area contributed by atoms with Crippen molar-refractivity contribution < 1.29 is 19.4 Å². The Kier molecular flexibility index (Phi) is 5.55. The maximum atomic E-state index is 12.6. The number of carbonyl (C=O) groups is 1. The number of nitrogens with one attached hydrogen (secondary N) is 2. The molecule has 1 aliphatic heterocycles. The van der Waals surface area contributed by atoms with Gasteiger partial charge in [-0.25, -0.2) is 4.79 Å². The topological polar surface area (TPSA) is 79.8 Å². The zero-order valence-corrected chi connectivity index (χ0v) is 16.1. The summed E-state index contributed by atoms with van der Waals surface area (Å²) >= 11 is 5.97. The number of halogens is 1. The monoisotopic (exact) mass is 410 g/mol. The summed E-state index contributed by atoms with van der Waals surface area (Å²) in [5.74, 6) is 1.04. The molecule has 0 unspecified atom stereocenters. The summed E-state index contributed by atoms with van der Waals surface area (Å²) in [5.41, 5.74) is 2.17. The zero-order valence-electron chi connectivity index (χ0n) is 15.4. The average molecular weight is 411 g/mol. The Morgan fingerprint density at radius 2 is 1.66 bits per heavy atom. The summed E-state index contributed by atoms with van der Waals surface area (Å²) in [6.45, 7) is 0.845. The van der Waals surface area contributed by atoms with E-state index in [1.165, 1.54) is 0 Å². The van der Waals surface area contributed by atoms with Gasteiger partial charge in [0.05, 0.1) is 5.69 Å². The average Bonchev–Trinajstić information content (AvgIpc) is 2.73. The van der Waals surface area contributed by atoms with E-state index in [4.69, 9.17) is 21.1 Å². The molecule has 0 radical (unpaired) electrons. The number of urea groups is 1. The van der Waals surface area contributed by atoms with Gasteiger partial charge in [-0.1, -0.05) is 48.0 Å². The molecule has 6 nitrogen and oxygen atoms in total. The number of benzene rings is 3. The molecule has 3 aromatic carbocycles. The van der Waals surface area contributed by atoms with Crippen LogP contribution in [-0.2, 0) is 0 Å². The van der Waals surface area contributed by atoms with Crippen molar-refractivity contribution in [3.8, 4) is 11.5 Å². The number of hydrogen-bond acceptors (Lipinski definition) is 4. The molecular weight excluding hydrogens is 392 g/mol. The molecule has 0 spiro atoms. The summed E-state index contributed by atoms with van der Waals surface area (Å²) in [6.07, 6.45) is -0.950. The number of carbonyl (C=O) groups excluding carboxylic acids is 1. The summed E-state index contributed by atoms with van der Waals surface area (Å²) in [4.78, 5) is 12.6.